The van der Waals surface area contributed by atoms with Gasteiger partial charge >= 0.3 is 0 Å². The second-order valence-corrected chi connectivity index (χ2v) is 7.63. The van der Waals surface area contributed by atoms with Gasteiger partial charge in [-0.3, -0.25) is 9.48 Å². The Morgan fingerprint density at radius 3 is 2.39 bits per heavy atom. The number of hydrogen-bond donors (Lipinski definition) is 0. The molecule has 1 fully saturated rings. The van der Waals surface area contributed by atoms with E-state index in [9.17, 15) is 4.79 Å². The molecule has 1 unspecified atom stereocenters. The summed E-state index contributed by atoms with van der Waals surface area (Å²) in [5.74, 6) is 0.0846. The van der Waals surface area contributed by atoms with Crippen molar-refractivity contribution in [2.75, 3.05) is 27.2 Å². The predicted octanol–water partition coefficient (Wildman–Crippen LogP) is 3.53. The average molecular weight is 374 g/mol. The maximum Gasteiger partial charge on any atom is 0.253 e. The van der Waals surface area contributed by atoms with Crippen molar-refractivity contribution >= 4 is 5.91 Å². The molecule has 1 aromatic heterocycles. The maximum atomic E-state index is 12.9. The minimum absolute atomic E-state index is 0.0846. The van der Waals surface area contributed by atoms with Crippen molar-refractivity contribution in [2.24, 2.45) is 7.05 Å². The first-order valence-electron chi connectivity index (χ1n) is 9.68. The molecule has 4 rings (SSSR count). The first-order chi connectivity index (χ1) is 13.5. The quantitative estimate of drug-likeness (QED) is 0.702. The van der Waals surface area contributed by atoms with Gasteiger partial charge in [0.1, 0.15) is 5.69 Å². The number of carbonyl (C=O) groups is 1. The van der Waals surface area contributed by atoms with Crippen LogP contribution < -0.4 is 0 Å². The smallest absolute Gasteiger partial charge is 0.253 e. The molecular weight excluding hydrogens is 348 g/mol. The lowest BCUT2D eigenvalue weighted by Crippen LogP contribution is -2.38. The van der Waals surface area contributed by atoms with Crippen LogP contribution >= 0.6 is 0 Å². The van der Waals surface area contributed by atoms with E-state index >= 15 is 0 Å². The number of benzene rings is 2. The summed E-state index contributed by atoms with van der Waals surface area (Å²) in [4.78, 5) is 17.0. The Labute approximate surface area is 166 Å². The standard InChI is InChI=1S/C23H26N4O/c1-25-14-13-20(15-25)27(3)23(28)19-11-9-17(10-12-19)21-16-26(2)24-22(21)18-7-5-4-6-8-18/h4-12,16,20H,13-15H2,1-3H3. The number of amides is 1. The minimum Gasteiger partial charge on any atom is -0.337 e. The van der Waals surface area contributed by atoms with Crippen LogP contribution in [0, 0.1) is 0 Å². The van der Waals surface area contributed by atoms with E-state index in [0.29, 0.717) is 6.04 Å². The Hall–Kier alpha value is -2.92. The van der Waals surface area contributed by atoms with Crippen LogP contribution in [0.25, 0.3) is 22.4 Å². The summed E-state index contributed by atoms with van der Waals surface area (Å²) >= 11 is 0. The summed E-state index contributed by atoms with van der Waals surface area (Å²) in [5.41, 5.74) is 4.90. The van der Waals surface area contributed by atoms with Crippen LogP contribution in [-0.2, 0) is 7.05 Å². The Balaban J connectivity index is 1.58. The monoisotopic (exact) mass is 374 g/mol. The van der Waals surface area contributed by atoms with Gasteiger partial charge in [0.15, 0.2) is 0 Å². The highest BCUT2D eigenvalue weighted by Gasteiger charge is 2.27. The number of aromatic nitrogens is 2. The number of hydrogen-bond acceptors (Lipinski definition) is 3. The van der Waals surface area contributed by atoms with Crippen molar-refractivity contribution in [1.29, 1.82) is 0 Å². The molecule has 3 aromatic rings. The highest BCUT2D eigenvalue weighted by molar-refractivity contribution is 5.95. The van der Waals surface area contributed by atoms with E-state index in [0.717, 1.165) is 47.5 Å². The number of likely N-dealkylation sites (tertiary alicyclic amines) is 1. The van der Waals surface area contributed by atoms with Gasteiger partial charge in [0, 0.05) is 49.6 Å². The minimum atomic E-state index is 0.0846. The number of aryl methyl sites for hydroxylation is 1. The van der Waals surface area contributed by atoms with Crippen LogP contribution in [0.4, 0.5) is 0 Å². The Bertz CT molecular complexity index is 962. The lowest BCUT2D eigenvalue weighted by molar-refractivity contribution is 0.0737. The van der Waals surface area contributed by atoms with Crippen LogP contribution in [0.15, 0.2) is 60.8 Å². The molecule has 0 saturated carbocycles. The molecule has 144 valence electrons. The van der Waals surface area contributed by atoms with Crippen molar-refractivity contribution in [3.63, 3.8) is 0 Å². The fourth-order valence-corrected chi connectivity index (χ4v) is 3.90. The molecule has 2 heterocycles. The summed E-state index contributed by atoms with van der Waals surface area (Å²) in [6, 6.07) is 18.4. The lowest BCUT2D eigenvalue weighted by atomic mass is 10.0. The van der Waals surface area contributed by atoms with E-state index in [2.05, 4.69) is 29.2 Å². The van der Waals surface area contributed by atoms with Crippen LogP contribution in [-0.4, -0.2) is 58.7 Å². The number of carbonyl (C=O) groups excluding carboxylic acids is 1. The zero-order valence-electron chi connectivity index (χ0n) is 16.7. The molecule has 1 amide bonds. The Morgan fingerprint density at radius 1 is 1.04 bits per heavy atom. The van der Waals surface area contributed by atoms with Crippen molar-refractivity contribution < 1.29 is 4.79 Å². The van der Waals surface area contributed by atoms with Crippen molar-refractivity contribution in [1.82, 2.24) is 19.6 Å². The molecule has 5 heteroatoms. The van der Waals surface area contributed by atoms with E-state index in [4.69, 9.17) is 0 Å². The summed E-state index contributed by atoms with van der Waals surface area (Å²) < 4.78 is 1.83. The lowest BCUT2D eigenvalue weighted by Gasteiger charge is -2.24. The third-order valence-electron chi connectivity index (χ3n) is 5.55. The molecule has 0 aliphatic carbocycles. The molecular formula is C23H26N4O. The zero-order valence-corrected chi connectivity index (χ0v) is 16.7. The second-order valence-electron chi connectivity index (χ2n) is 7.63. The third kappa shape index (κ3) is 3.58. The fourth-order valence-electron chi connectivity index (χ4n) is 3.90. The van der Waals surface area contributed by atoms with Crippen molar-refractivity contribution in [3.8, 4) is 22.4 Å². The normalized spacial score (nSPS) is 17.0. The van der Waals surface area contributed by atoms with E-state index in [1.54, 1.807) is 0 Å². The van der Waals surface area contributed by atoms with Gasteiger partial charge in [-0.05, 0) is 37.7 Å². The van der Waals surface area contributed by atoms with Crippen LogP contribution in [0.3, 0.4) is 0 Å². The molecule has 2 aromatic carbocycles. The highest BCUT2D eigenvalue weighted by atomic mass is 16.2. The van der Waals surface area contributed by atoms with Gasteiger partial charge in [0.25, 0.3) is 5.91 Å². The predicted molar refractivity (Wildman–Crippen MR) is 112 cm³/mol. The molecule has 1 aliphatic heterocycles. The van der Waals surface area contributed by atoms with Gasteiger partial charge in [0.05, 0.1) is 0 Å². The van der Waals surface area contributed by atoms with Crippen molar-refractivity contribution in [2.45, 2.75) is 12.5 Å². The summed E-state index contributed by atoms with van der Waals surface area (Å²) in [6.45, 7) is 1.99. The van der Waals surface area contributed by atoms with Gasteiger partial charge in [-0.25, -0.2) is 0 Å². The zero-order chi connectivity index (χ0) is 19.7. The molecule has 1 saturated heterocycles. The summed E-state index contributed by atoms with van der Waals surface area (Å²) in [5, 5.41) is 4.64. The van der Waals surface area contributed by atoms with Gasteiger partial charge < -0.3 is 9.80 Å². The van der Waals surface area contributed by atoms with E-state index in [1.807, 2.05) is 72.3 Å². The van der Waals surface area contributed by atoms with E-state index in [-0.39, 0.29) is 5.91 Å². The highest BCUT2D eigenvalue weighted by Crippen LogP contribution is 2.31. The van der Waals surface area contributed by atoms with Crippen LogP contribution in [0.2, 0.25) is 0 Å². The molecule has 5 nitrogen and oxygen atoms in total. The Morgan fingerprint density at radius 2 is 1.75 bits per heavy atom. The fraction of sp³-hybridized carbons (Fsp3) is 0.304. The van der Waals surface area contributed by atoms with E-state index < -0.39 is 0 Å². The topological polar surface area (TPSA) is 41.4 Å². The number of nitrogens with zero attached hydrogens (tertiary/aromatic N) is 4. The molecule has 0 spiro atoms. The molecule has 0 N–H and O–H groups in total. The van der Waals surface area contributed by atoms with E-state index in [1.165, 1.54) is 0 Å². The van der Waals surface area contributed by atoms with Gasteiger partial charge in [-0.1, -0.05) is 42.5 Å². The summed E-state index contributed by atoms with van der Waals surface area (Å²) in [6.07, 6.45) is 3.06. The Kier molecular flexibility index (Phi) is 5.01. The van der Waals surface area contributed by atoms with Crippen LogP contribution in [0.1, 0.15) is 16.8 Å². The molecule has 1 aliphatic rings. The van der Waals surface area contributed by atoms with Crippen molar-refractivity contribution in [3.05, 3.63) is 66.4 Å². The first kappa shape index (κ1) is 18.4. The maximum absolute atomic E-state index is 12.9. The van der Waals surface area contributed by atoms with Crippen LogP contribution in [0.5, 0.6) is 0 Å². The molecule has 28 heavy (non-hydrogen) atoms. The largest absolute Gasteiger partial charge is 0.337 e. The number of likely N-dealkylation sites (N-methyl/N-ethyl adjacent to an activating group) is 2. The second kappa shape index (κ2) is 7.60. The van der Waals surface area contributed by atoms with Gasteiger partial charge in [-0.15, -0.1) is 0 Å². The molecule has 0 radical (unpaired) electrons. The molecule has 0 bridgehead atoms. The first-order valence-corrected chi connectivity index (χ1v) is 9.68. The third-order valence-corrected chi connectivity index (χ3v) is 5.55. The number of rotatable bonds is 4. The van der Waals surface area contributed by atoms with Gasteiger partial charge in [-0.2, -0.15) is 5.10 Å². The molecule has 1 atom stereocenters. The SMILES string of the molecule is CN1CCC(N(C)C(=O)c2ccc(-c3cn(C)nc3-c3ccccc3)cc2)C1. The average Bonchev–Trinajstić information content (AvgIpc) is 3.33. The summed E-state index contributed by atoms with van der Waals surface area (Å²) in [7, 11) is 5.95. The van der Waals surface area contributed by atoms with Gasteiger partial charge in [0.2, 0.25) is 0 Å².